The predicted octanol–water partition coefficient (Wildman–Crippen LogP) is 1.39. The van der Waals surface area contributed by atoms with Crippen molar-refractivity contribution in [1.82, 2.24) is 25.1 Å². The maximum atomic E-state index is 12.3. The molecule has 2 aliphatic rings. The lowest BCUT2D eigenvalue weighted by atomic mass is 9.73. The van der Waals surface area contributed by atoms with Gasteiger partial charge in [-0.1, -0.05) is 0 Å². The summed E-state index contributed by atoms with van der Waals surface area (Å²) in [6.45, 7) is 5.63. The lowest BCUT2D eigenvalue weighted by molar-refractivity contribution is -0.138. The Morgan fingerprint density at radius 2 is 2.29 bits per heavy atom. The molecule has 1 spiro atoms. The van der Waals surface area contributed by atoms with Crippen LogP contribution in [-0.4, -0.2) is 64.4 Å². The van der Waals surface area contributed by atoms with Gasteiger partial charge in [0.1, 0.15) is 0 Å². The summed E-state index contributed by atoms with van der Waals surface area (Å²) in [6.07, 6.45) is 7.86. The lowest BCUT2D eigenvalue weighted by Gasteiger charge is -2.48. The molecule has 2 fully saturated rings. The van der Waals surface area contributed by atoms with Crippen LogP contribution >= 0.6 is 0 Å². The number of carbonyl (C=O) groups excluding carboxylic acids is 2. The Hall–Kier alpha value is -2.05. The molecule has 2 N–H and O–H groups in total. The first-order valence-electron chi connectivity index (χ1n) is 8.90. The molecule has 7 heteroatoms. The molecular formula is C17H27N5O2. The second kappa shape index (κ2) is 7.23. The van der Waals surface area contributed by atoms with E-state index >= 15 is 0 Å². The van der Waals surface area contributed by atoms with Crippen LogP contribution in [0.2, 0.25) is 0 Å². The molecule has 0 saturated carbocycles. The Bertz CT molecular complexity index is 574. The van der Waals surface area contributed by atoms with Crippen molar-refractivity contribution in [3.05, 3.63) is 18.2 Å². The van der Waals surface area contributed by atoms with E-state index in [1.54, 1.807) is 6.33 Å². The third-order valence-electron chi connectivity index (χ3n) is 5.23. The maximum absolute atomic E-state index is 12.3. The maximum Gasteiger partial charge on any atom is 0.317 e. The zero-order chi connectivity index (χ0) is 17.0. The number of aromatic amines is 1. The van der Waals surface area contributed by atoms with Crippen molar-refractivity contribution in [2.45, 2.75) is 39.0 Å². The molecule has 7 nitrogen and oxygen atoms in total. The quantitative estimate of drug-likeness (QED) is 0.873. The summed E-state index contributed by atoms with van der Waals surface area (Å²) in [4.78, 5) is 35.5. The van der Waals surface area contributed by atoms with E-state index in [9.17, 15) is 9.59 Å². The fraction of sp³-hybridized carbons (Fsp3) is 0.706. The van der Waals surface area contributed by atoms with Crippen molar-refractivity contribution < 1.29 is 9.59 Å². The normalized spacial score (nSPS) is 24.5. The SMILES string of the molecule is CCNC(=O)N1CCCC2(CCC(=O)N(CCc3cnc[nH]3)C2)C1. The number of aromatic nitrogens is 2. The number of nitrogens with zero attached hydrogens (tertiary/aromatic N) is 3. The van der Waals surface area contributed by atoms with E-state index in [4.69, 9.17) is 0 Å². The van der Waals surface area contributed by atoms with E-state index in [0.29, 0.717) is 19.5 Å². The molecule has 2 saturated heterocycles. The van der Waals surface area contributed by atoms with Gasteiger partial charge in [-0.2, -0.15) is 0 Å². The number of urea groups is 1. The highest BCUT2D eigenvalue weighted by molar-refractivity contribution is 5.77. The summed E-state index contributed by atoms with van der Waals surface area (Å²) in [7, 11) is 0. The zero-order valence-electron chi connectivity index (χ0n) is 14.4. The van der Waals surface area contributed by atoms with Crippen LogP contribution in [0, 0.1) is 5.41 Å². The molecule has 0 aromatic carbocycles. The Balaban J connectivity index is 1.62. The lowest BCUT2D eigenvalue weighted by Crippen LogP contribution is -2.56. The van der Waals surface area contributed by atoms with Crippen LogP contribution in [0.3, 0.4) is 0 Å². The van der Waals surface area contributed by atoms with Gasteiger partial charge in [0.2, 0.25) is 5.91 Å². The summed E-state index contributed by atoms with van der Waals surface area (Å²) < 4.78 is 0. The summed E-state index contributed by atoms with van der Waals surface area (Å²) >= 11 is 0. The van der Waals surface area contributed by atoms with Crippen LogP contribution in [0.25, 0.3) is 0 Å². The fourth-order valence-corrected chi connectivity index (χ4v) is 3.96. The molecule has 3 heterocycles. The van der Waals surface area contributed by atoms with Crippen molar-refractivity contribution in [3.8, 4) is 0 Å². The van der Waals surface area contributed by atoms with Gasteiger partial charge in [0.15, 0.2) is 0 Å². The van der Waals surface area contributed by atoms with Crippen LogP contribution in [0.4, 0.5) is 4.79 Å². The van der Waals surface area contributed by atoms with E-state index in [2.05, 4.69) is 15.3 Å². The van der Waals surface area contributed by atoms with Crippen LogP contribution in [-0.2, 0) is 11.2 Å². The number of rotatable bonds is 4. The number of amides is 3. The van der Waals surface area contributed by atoms with Gasteiger partial charge in [0.25, 0.3) is 0 Å². The molecule has 1 aromatic rings. The Morgan fingerprint density at radius 3 is 3.04 bits per heavy atom. The van der Waals surface area contributed by atoms with Gasteiger partial charge < -0.3 is 20.1 Å². The zero-order valence-corrected chi connectivity index (χ0v) is 14.4. The van der Waals surface area contributed by atoms with Crippen LogP contribution in [0.15, 0.2) is 12.5 Å². The minimum Gasteiger partial charge on any atom is -0.348 e. The highest BCUT2D eigenvalue weighted by Gasteiger charge is 2.42. The molecule has 24 heavy (non-hydrogen) atoms. The predicted molar refractivity (Wildman–Crippen MR) is 90.4 cm³/mol. The summed E-state index contributed by atoms with van der Waals surface area (Å²) in [6, 6.07) is 0.0254. The molecule has 132 valence electrons. The summed E-state index contributed by atoms with van der Waals surface area (Å²) in [5, 5.41) is 2.90. The first-order chi connectivity index (χ1) is 11.6. The van der Waals surface area contributed by atoms with Crippen LogP contribution in [0.5, 0.6) is 0 Å². The number of hydrogen-bond donors (Lipinski definition) is 2. The highest BCUT2D eigenvalue weighted by Crippen LogP contribution is 2.38. The molecular weight excluding hydrogens is 306 g/mol. The monoisotopic (exact) mass is 333 g/mol. The fourth-order valence-electron chi connectivity index (χ4n) is 3.96. The van der Waals surface area contributed by atoms with E-state index in [0.717, 1.165) is 51.0 Å². The first kappa shape index (κ1) is 16.8. The number of imidazole rings is 1. The minimum absolute atomic E-state index is 0.0254. The molecule has 2 aliphatic heterocycles. The van der Waals surface area contributed by atoms with Crippen molar-refractivity contribution in [1.29, 1.82) is 0 Å². The third kappa shape index (κ3) is 3.71. The molecule has 3 amide bonds. The Labute approximate surface area is 142 Å². The molecule has 1 aromatic heterocycles. The van der Waals surface area contributed by atoms with Gasteiger partial charge in [-0.25, -0.2) is 9.78 Å². The van der Waals surface area contributed by atoms with Crippen LogP contribution in [0.1, 0.15) is 38.3 Å². The number of carbonyl (C=O) groups is 2. The average molecular weight is 333 g/mol. The number of H-pyrrole nitrogens is 1. The van der Waals surface area contributed by atoms with E-state index < -0.39 is 0 Å². The molecule has 0 radical (unpaired) electrons. The van der Waals surface area contributed by atoms with Crippen molar-refractivity contribution in [2.24, 2.45) is 5.41 Å². The number of piperidine rings is 2. The van der Waals surface area contributed by atoms with Gasteiger partial charge in [-0.15, -0.1) is 0 Å². The molecule has 1 unspecified atom stereocenters. The van der Waals surface area contributed by atoms with Gasteiger partial charge >= 0.3 is 6.03 Å². The Kier molecular flexibility index (Phi) is 5.06. The number of hydrogen-bond acceptors (Lipinski definition) is 3. The van der Waals surface area contributed by atoms with E-state index in [1.807, 2.05) is 22.9 Å². The van der Waals surface area contributed by atoms with Gasteiger partial charge in [-0.05, 0) is 26.2 Å². The molecule has 0 aliphatic carbocycles. The Morgan fingerprint density at radius 1 is 1.42 bits per heavy atom. The first-order valence-corrected chi connectivity index (χ1v) is 8.90. The second-order valence-corrected chi connectivity index (χ2v) is 7.00. The topological polar surface area (TPSA) is 81.3 Å². The standard InChI is InChI=1S/C17H27N5O2/c1-2-19-16(24)22-8-3-6-17(12-22)7-4-15(23)21(11-17)9-5-14-10-18-13-20-14/h10,13H,2-9,11-12H2,1H3,(H,18,20)(H,19,24). The largest absolute Gasteiger partial charge is 0.348 e. The van der Waals surface area contributed by atoms with Gasteiger partial charge in [-0.3, -0.25) is 4.79 Å². The average Bonchev–Trinajstić information content (AvgIpc) is 3.10. The van der Waals surface area contributed by atoms with Crippen molar-refractivity contribution >= 4 is 11.9 Å². The molecule has 1 atom stereocenters. The van der Waals surface area contributed by atoms with E-state index in [1.165, 1.54) is 0 Å². The van der Waals surface area contributed by atoms with Crippen molar-refractivity contribution in [3.63, 3.8) is 0 Å². The van der Waals surface area contributed by atoms with Crippen LogP contribution < -0.4 is 5.32 Å². The highest BCUT2D eigenvalue weighted by atomic mass is 16.2. The molecule has 0 bridgehead atoms. The van der Waals surface area contributed by atoms with Crippen molar-refractivity contribution in [2.75, 3.05) is 32.7 Å². The summed E-state index contributed by atoms with van der Waals surface area (Å²) in [5.74, 6) is 0.232. The summed E-state index contributed by atoms with van der Waals surface area (Å²) in [5.41, 5.74) is 1.11. The number of likely N-dealkylation sites (tertiary alicyclic amines) is 2. The third-order valence-corrected chi connectivity index (χ3v) is 5.23. The van der Waals surface area contributed by atoms with Gasteiger partial charge in [0.05, 0.1) is 6.33 Å². The second-order valence-electron chi connectivity index (χ2n) is 7.00. The minimum atomic E-state index is 0.0254. The smallest absolute Gasteiger partial charge is 0.317 e. The molecule has 3 rings (SSSR count). The van der Waals surface area contributed by atoms with E-state index in [-0.39, 0.29) is 17.4 Å². The number of nitrogens with one attached hydrogen (secondary N) is 2. The van der Waals surface area contributed by atoms with Gasteiger partial charge in [0, 0.05) is 62.9 Å².